The average Bonchev–Trinajstić information content (AvgIpc) is 2.63. The first-order chi connectivity index (χ1) is 8.88. The molecule has 0 amide bonds. The number of likely N-dealkylation sites (tertiary alicyclic amines) is 1. The van der Waals surface area contributed by atoms with Crippen LogP contribution in [-0.2, 0) is 4.74 Å². The Morgan fingerprint density at radius 3 is 2.72 bits per heavy atom. The predicted octanol–water partition coefficient (Wildman–Crippen LogP) is 2.12. The lowest BCUT2D eigenvalue weighted by Crippen LogP contribution is -2.38. The SMILES string of the molecule is COCCC1CCCCN(CC2CCNCC2)C1. The second kappa shape index (κ2) is 8.13. The molecular weight excluding hydrogens is 224 g/mol. The molecule has 18 heavy (non-hydrogen) atoms. The minimum absolute atomic E-state index is 0.870. The van der Waals surface area contributed by atoms with Gasteiger partial charge in [-0.2, -0.15) is 0 Å². The largest absolute Gasteiger partial charge is 0.385 e. The summed E-state index contributed by atoms with van der Waals surface area (Å²) in [5.74, 6) is 1.81. The highest BCUT2D eigenvalue weighted by atomic mass is 16.5. The summed E-state index contributed by atoms with van der Waals surface area (Å²) in [6.07, 6.45) is 8.22. The third kappa shape index (κ3) is 4.87. The summed E-state index contributed by atoms with van der Waals surface area (Å²) >= 11 is 0. The Kier molecular flexibility index (Phi) is 6.46. The third-order valence-electron chi connectivity index (χ3n) is 4.56. The molecular formula is C15H30N2O. The van der Waals surface area contributed by atoms with Crippen molar-refractivity contribution in [1.29, 1.82) is 0 Å². The molecule has 0 aliphatic carbocycles. The fourth-order valence-corrected chi connectivity index (χ4v) is 3.43. The highest BCUT2D eigenvalue weighted by molar-refractivity contribution is 4.76. The molecule has 2 aliphatic rings. The van der Waals surface area contributed by atoms with Crippen LogP contribution >= 0.6 is 0 Å². The van der Waals surface area contributed by atoms with Gasteiger partial charge in [0.15, 0.2) is 0 Å². The molecule has 2 heterocycles. The number of hydrogen-bond donors (Lipinski definition) is 1. The summed E-state index contributed by atoms with van der Waals surface area (Å²) in [5.41, 5.74) is 0. The smallest absolute Gasteiger partial charge is 0.0465 e. The molecule has 1 unspecified atom stereocenters. The zero-order chi connectivity index (χ0) is 12.6. The number of hydrogen-bond acceptors (Lipinski definition) is 3. The van der Waals surface area contributed by atoms with Crippen LogP contribution in [0.2, 0.25) is 0 Å². The normalized spacial score (nSPS) is 28.2. The highest BCUT2D eigenvalue weighted by Crippen LogP contribution is 2.22. The molecule has 0 aromatic rings. The zero-order valence-electron chi connectivity index (χ0n) is 12.0. The first kappa shape index (κ1) is 14.3. The van der Waals surface area contributed by atoms with Gasteiger partial charge >= 0.3 is 0 Å². The molecule has 3 nitrogen and oxygen atoms in total. The van der Waals surface area contributed by atoms with Gasteiger partial charge in [-0.05, 0) is 63.6 Å². The molecule has 0 radical (unpaired) electrons. The van der Waals surface area contributed by atoms with Gasteiger partial charge in [-0.3, -0.25) is 0 Å². The van der Waals surface area contributed by atoms with E-state index < -0.39 is 0 Å². The Morgan fingerprint density at radius 2 is 1.94 bits per heavy atom. The van der Waals surface area contributed by atoms with Crippen molar-refractivity contribution in [3.05, 3.63) is 0 Å². The lowest BCUT2D eigenvalue weighted by atomic mass is 9.96. The molecule has 106 valence electrons. The lowest BCUT2D eigenvalue weighted by Gasteiger charge is -2.30. The third-order valence-corrected chi connectivity index (χ3v) is 4.56. The van der Waals surface area contributed by atoms with Crippen LogP contribution in [0.1, 0.15) is 38.5 Å². The molecule has 2 rings (SSSR count). The number of methoxy groups -OCH3 is 1. The summed E-state index contributed by atoms with van der Waals surface area (Å²) in [6.45, 7) is 7.37. The summed E-state index contributed by atoms with van der Waals surface area (Å²) in [4.78, 5) is 2.74. The van der Waals surface area contributed by atoms with Crippen molar-refractivity contribution >= 4 is 0 Å². The van der Waals surface area contributed by atoms with E-state index in [1.165, 1.54) is 71.2 Å². The molecule has 2 saturated heterocycles. The van der Waals surface area contributed by atoms with Crippen LogP contribution in [-0.4, -0.2) is 51.3 Å². The Hall–Kier alpha value is -0.120. The van der Waals surface area contributed by atoms with Gasteiger partial charge in [0.1, 0.15) is 0 Å². The standard InChI is InChI=1S/C15H30N2O/c1-18-11-7-14-4-2-3-10-17(12-14)13-15-5-8-16-9-6-15/h14-16H,2-13H2,1H3. The van der Waals surface area contributed by atoms with E-state index in [1.807, 2.05) is 7.11 Å². The average molecular weight is 254 g/mol. The van der Waals surface area contributed by atoms with Gasteiger partial charge in [-0.1, -0.05) is 6.42 Å². The molecule has 2 fully saturated rings. The van der Waals surface area contributed by atoms with Crippen molar-refractivity contribution in [2.45, 2.75) is 38.5 Å². The van der Waals surface area contributed by atoms with E-state index in [9.17, 15) is 0 Å². The van der Waals surface area contributed by atoms with Crippen LogP contribution in [0.3, 0.4) is 0 Å². The minimum Gasteiger partial charge on any atom is -0.385 e. The number of rotatable bonds is 5. The molecule has 1 N–H and O–H groups in total. The second-order valence-electron chi connectivity index (χ2n) is 6.10. The van der Waals surface area contributed by atoms with Crippen molar-refractivity contribution in [2.75, 3.05) is 46.4 Å². The summed E-state index contributed by atoms with van der Waals surface area (Å²) in [5, 5.41) is 3.47. The van der Waals surface area contributed by atoms with Gasteiger partial charge in [0.05, 0.1) is 0 Å². The fraction of sp³-hybridized carbons (Fsp3) is 1.00. The topological polar surface area (TPSA) is 24.5 Å². The number of nitrogens with zero attached hydrogens (tertiary/aromatic N) is 1. The van der Waals surface area contributed by atoms with E-state index in [1.54, 1.807) is 0 Å². The highest BCUT2D eigenvalue weighted by Gasteiger charge is 2.21. The number of piperidine rings is 1. The number of nitrogens with one attached hydrogen (secondary N) is 1. The van der Waals surface area contributed by atoms with Crippen LogP contribution in [0.5, 0.6) is 0 Å². The van der Waals surface area contributed by atoms with Gasteiger partial charge in [0.25, 0.3) is 0 Å². The summed E-state index contributed by atoms with van der Waals surface area (Å²) < 4.78 is 5.24. The van der Waals surface area contributed by atoms with Crippen LogP contribution < -0.4 is 5.32 Å². The van der Waals surface area contributed by atoms with Gasteiger partial charge in [-0.25, -0.2) is 0 Å². The molecule has 0 spiro atoms. The van der Waals surface area contributed by atoms with Gasteiger partial charge in [0, 0.05) is 26.8 Å². The van der Waals surface area contributed by atoms with Crippen molar-refractivity contribution in [3.63, 3.8) is 0 Å². The summed E-state index contributed by atoms with van der Waals surface area (Å²) in [6, 6.07) is 0. The molecule has 0 bridgehead atoms. The van der Waals surface area contributed by atoms with Gasteiger partial charge in [-0.15, -0.1) is 0 Å². The van der Waals surface area contributed by atoms with Crippen LogP contribution in [0.4, 0.5) is 0 Å². The molecule has 2 aliphatic heterocycles. The van der Waals surface area contributed by atoms with E-state index >= 15 is 0 Å². The van der Waals surface area contributed by atoms with E-state index in [2.05, 4.69) is 10.2 Å². The maximum Gasteiger partial charge on any atom is 0.0465 e. The Labute approximate surface area is 112 Å². The molecule has 1 atom stereocenters. The molecule has 3 heteroatoms. The predicted molar refractivity (Wildman–Crippen MR) is 75.9 cm³/mol. The fourth-order valence-electron chi connectivity index (χ4n) is 3.43. The number of ether oxygens (including phenoxy) is 1. The van der Waals surface area contributed by atoms with Crippen LogP contribution in [0.15, 0.2) is 0 Å². The molecule has 0 saturated carbocycles. The molecule has 0 aromatic carbocycles. The molecule has 0 aromatic heterocycles. The first-order valence-electron chi connectivity index (χ1n) is 7.80. The maximum absolute atomic E-state index is 5.24. The minimum atomic E-state index is 0.870. The quantitative estimate of drug-likeness (QED) is 0.813. The van der Waals surface area contributed by atoms with Crippen LogP contribution in [0, 0.1) is 11.8 Å². The Morgan fingerprint density at radius 1 is 1.11 bits per heavy atom. The second-order valence-corrected chi connectivity index (χ2v) is 6.10. The van der Waals surface area contributed by atoms with E-state index in [0.717, 1.165) is 18.4 Å². The monoisotopic (exact) mass is 254 g/mol. The Bertz CT molecular complexity index is 217. The van der Waals surface area contributed by atoms with E-state index in [-0.39, 0.29) is 0 Å². The van der Waals surface area contributed by atoms with Crippen molar-refractivity contribution in [2.24, 2.45) is 11.8 Å². The maximum atomic E-state index is 5.24. The Balaban J connectivity index is 1.75. The van der Waals surface area contributed by atoms with Crippen molar-refractivity contribution in [3.8, 4) is 0 Å². The van der Waals surface area contributed by atoms with Crippen LogP contribution in [0.25, 0.3) is 0 Å². The van der Waals surface area contributed by atoms with Crippen molar-refractivity contribution < 1.29 is 4.74 Å². The van der Waals surface area contributed by atoms with E-state index in [0.29, 0.717) is 0 Å². The van der Waals surface area contributed by atoms with Gasteiger partial charge in [0.2, 0.25) is 0 Å². The van der Waals surface area contributed by atoms with Gasteiger partial charge < -0.3 is 15.0 Å². The zero-order valence-corrected chi connectivity index (χ0v) is 12.0. The van der Waals surface area contributed by atoms with Crippen molar-refractivity contribution in [1.82, 2.24) is 10.2 Å². The first-order valence-corrected chi connectivity index (χ1v) is 7.80. The summed E-state index contributed by atoms with van der Waals surface area (Å²) in [7, 11) is 1.82. The van der Waals surface area contributed by atoms with E-state index in [4.69, 9.17) is 4.74 Å². The lowest BCUT2D eigenvalue weighted by molar-refractivity contribution is 0.149.